The summed E-state index contributed by atoms with van der Waals surface area (Å²) in [4.78, 5) is 60.5. The van der Waals surface area contributed by atoms with Gasteiger partial charge >= 0.3 is 12.1 Å². The van der Waals surface area contributed by atoms with E-state index in [4.69, 9.17) is 4.74 Å². The molecule has 1 aromatic heterocycles. The second-order valence-electron chi connectivity index (χ2n) is 25.5. The number of allylic oxidation sites excluding steroid dienone is 4. The van der Waals surface area contributed by atoms with Crippen molar-refractivity contribution in [3.05, 3.63) is 45.5 Å². The number of Topliss-reactive ketones (excluding diaryl/α,β-unsaturated/α-hetero) is 2. The normalized spacial score (nSPS) is 28.3. The number of rotatable bonds is 27. The number of hydrogen-bond donors (Lipinski definition) is 5. The predicted molar refractivity (Wildman–Crippen MR) is 305 cm³/mol. The number of benzene rings is 1. The fraction of sp³-hybridized carbons (Fsp3) is 0.742. The Morgan fingerprint density at radius 1 is 0.870 bits per heavy atom. The maximum atomic E-state index is 13.7. The highest BCUT2D eigenvalue weighted by Gasteiger charge is 2.63. The van der Waals surface area contributed by atoms with Gasteiger partial charge in [-0.15, -0.1) is 11.3 Å². The number of carboxylic acids is 1. The molecule has 11 atom stereocenters. The summed E-state index contributed by atoms with van der Waals surface area (Å²) in [5, 5.41) is 49.1. The molecule has 1 heterocycles. The van der Waals surface area contributed by atoms with Crippen LogP contribution in [0.3, 0.4) is 0 Å². The molecule has 1 aromatic carbocycles. The van der Waals surface area contributed by atoms with Crippen LogP contribution in [0.1, 0.15) is 176 Å². The number of nitrogens with zero attached hydrogens (tertiary/aromatic N) is 4. The number of aliphatic hydroxyl groups excluding tert-OH is 2. The number of fused-ring (bicyclic) bond motifs is 6. The van der Waals surface area contributed by atoms with Crippen molar-refractivity contribution in [2.24, 2.45) is 51.8 Å². The van der Waals surface area contributed by atoms with Crippen molar-refractivity contribution in [2.75, 3.05) is 52.9 Å². The van der Waals surface area contributed by atoms with E-state index in [0.29, 0.717) is 120 Å². The summed E-state index contributed by atoms with van der Waals surface area (Å²) >= 11 is 1.26. The van der Waals surface area contributed by atoms with Crippen molar-refractivity contribution >= 4 is 45.2 Å². The number of ketones is 2. The highest BCUT2D eigenvalue weighted by atomic mass is 32.1. The molecule has 15 heteroatoms. The molecule has 4 saturated carbocycles. The molecular formula is C62H94N6O8S. The molecule has 0 spiro atoms. The number of nitrogens with one attached hydrogen (secondary N) is 2. The van der Waals surface area contributed by atoms with Crippen LogP contribution in [-0.4, -0.2) is 125 Å². The smallest absolute Gasteiger partial charge is 0.415 e. The molecule has 2 aromatic rings. The number of aliphatic carboxylic acids is 1. The second-order valence-corrected chi connectivity index (χ2v) is 26.5. The molecule has 5 aliphatic carbocycles. The number of amides is 1. The Balaban J connectivity index is 0.784. The first-order valence-corrected chi connectivity index (χ1v) is 30.4. The molecule has 426 valence electrons. The van der Waals surface area contributed by atoms with Gasteiger partial charge in [-0.05, 0) is 214 Å². The van der Waals surface area contributed by atoms with Crippen LogP contribution < -0.4 is 15.4 Å². The standard InChI is InChI=1S/C62H94N6O8S/c1-39(47-22-23-48-46-21-19-43-35-44(69)25-26-61(43,7)49(46)37-53(70)62(47,48)8)17-16-30-65-51(58(73)74)18-12-14-29-64-28-13-10-11-15-31-68(59(75)76-45-20-24-50-52(36-45)77-54(38-63)66-50)34-33-67(9)32-27-60(5,6)55-42(4)56(71)40(2)41(3)57(55)72/h20,24,36,39,43-44,46-49,51,53,64-65,69-70H,10-19,21-23,25-35,37H2,1-9H3,(H,73,74)/t39-,43-,44-,46+,47-,48+,49+,51?,53+,61+,62-/m1/s1. The lowest BCUT2D eigenvalue weighted by Gasteiger charge is -2.62. The van der Waals surface area contributed by atoms with E-state index in [0.717, 1.165) is 94.8 Å². The van der Waals surface area contributed by atoms with Crippen LogP contribution in [0, 0.1) is 63.1 Å². The summed E-state index contributed by atoms with van der Waals surface area (Å²) in [5.74, 6) is 2.82. The zero-order valence-electron chi connectivity index (χ0n) is 48.2. The van der Waals surface area contributed by atoms with Crippen LogP contribution in [0.5, 0.6) is 5.75 Å². The largest absolute Gasteiger partial charge is 0.480 e. The lowest BCUT2D eigenvalue weighted by atomic mass is 9.43. The Kier molecular flexibility index (Phi) is 20.8. The monoisotopic (exact) mass is 1080 g/mol. The first-order valence-electron chi connectivity index (χ1n) is 29.6. The number of carbonyl (C=O) groups excluding carboxylic acids is 3. The summed E-state index contributed by atoms with van der Waals surface area (Å²) in [6, 6.07) is 6.73. The summed E-state index contributed by atoms with van der Waals surface area (Å²) in [6.07, 6.45) is 16.4. The number of carboxylic acid groups (broad SMARTS) is 1. The molecule has 4 fully saturated rings. The van der Waals surface area contributed by atoms with Crippen molar-refractivity contribution in [3.8, 4) is 11.8 Å². The summed E-state index contributed by atoms with van der Waals surface area (Å²) in [5.41, 5.74) is 2.49. The Morgan fingerprint density at radius 3 is 2.34 bits per heavy atom. The third kappa shape index (κ3) is 13.9. The predicted octanol–water partition coefficient (Wildman–Crippen LogP) is 10.9. The Hall–Kier alpha value is -4.04. The summed E-state index contributed by atoms with van der Waals surface area (Å²) in [6.45, 7) is 21.1. The molecule has 0 radical (unpaired) electrons. The summed E-state index contributed by atoms with van der Waals surface area (Å²) < 4.78 is 6.67. The molecule has 0 bridgehead atoms. The average molecular weight is 1080 g/mol. The number of ether oxygens (including phenoxy) is 1. The molecule has 0 aliphatic heterocycles. The van der Waals surface area contributed by atoms with Gasteiger partial charge in [-0.3, -0.25) is 14.4 Å². The highest BCUT2D eigenvalue weighted by molar-refractivity contribution is 7.19. The highest BCUT2D eigenvalue weighted by Crippen LogP contribution is 2.68. The van der Waals surface area contributed by atoms with Gasteiger partial charge in [-0.25, -0.2) is 9.78 Å². The van der Waals surface area contributed by atoms with E-state index in [1.165, 1.54) is 37.0 Å². The number of nitriles is 1. The zero-order valence-corrected chi connectivity index (χ0v) is 49.0. The average Bonchev–Trinajstić information content (AvgIpc) is 3.99. The van der Waals surface area contributed by atoms with Gasteiger partial charge in [0.15, 0.2) is 16.6 Å². The van der Waals surface area contributed by atoms with Crippen molar-refractivity contribution in [1.82, 2.24) is 25.4 Å². The van der Waals surface area contributed by atoms with Gasteiger partial charge in [0.1, 0.15) is 17.9 Å². The van der Waals surface area contributed by atoms with Crippen molar-refractivity contribution in [3.63, 3.8) is 0 Å². The van der Waals surface area contributed by atoms with E-state index in [-0.39, 0.29) is 34.6 Å². The van der Waals surface area contributed by atoms with Gasteiger partial charge in [0.2, 0.25) is 0 Å². The van der Waals surface area contributed by atoms with Crippen LogP contribution in [0.25, 0.3) is 10.2 Å². The van der Waals surface area contributed by atoms with E-state index < -0.39 is 23.5 Å². The topological polar surface area (TPSA) is 205 Å². The molecule has 5 aliphatic rings. The molecule has 1 unspecified atom stereocenters. The molecule has 5 N–H and O–H groups in total. The first-order chi connectivity index (χ1) is 36.6. The molecule has 77 heavy (non-hydrogen) atoms. The minimum Gasteiger partial charge on any atom is -0.480 e. The molecule has 1 amide bonds. The van der Waals surface area contributed by atoms with E-state index in [2.05, 4.69) is 47.4 Å². The number of aromatic nitrogens is 1. The van der Waals surface area contributed by atoms with Gasteiger partial charge in [-0.1, -0.05) is 53.9 Å². The van der Waals surface area contributed by atoms with Crippen LogP contribution in [0.2, 0.25) is 0 Å². The quantitative estimate of drug-likeness (QED) is 0.0418. The van der Waals surface area contributed by atoms with Crippen molar-refractivity contribution in [2.45, 2.75) is 189 Å². The fourth-order valence-electron chi connectivity index (χ4n) is 15.4. The lowest BCUT2D eigenvalue weighted by molar-refractivity contribution is -0.174. The minimum atomic E-state index is -0.789. The SMILES string of the molecule is CC1=C(C)C(=O)C(C(C)(C)CCN(C)CCN(CCCCCCNCCCCC(NCCC[C@@H](C)[C@H]2CC[C@H]3[C@@H]4CC[C@@H]5C[C@H](O)CC[C@]5(C)[C@H]4C[C@H](O)[C@]23C)C(=O)O)C(=O)Oc2ccc3nc(C#N)sc3c2)=C(C)C1=O. The van der Waals surface area contributed by atoms with E-state index in [1.54, 1.807) is 43.9 Å². The van der Waals surface area contributed by atoms with Crippen molar-refractivity contribution in [1.29, 1.82) is 5.26 Å². The fourth-order valence-corrected chi connectivity index (χ4v) is 16.2. The minimum absolute atomic E-state index is 0.0551. The molecule has 7 rings (SSSR count). The van der Waals surface area contributed by atoms with E-state index in [9.17, 15) is 39.8 Å². The Morgan fingerprint density at radius 2 is 1.60 bits per heavy atom. The number of unbranched alkanes of at least 4 members (excludes halogenated alkanes) is 4. The van der Waals surface area contributed by atoms with E-state index in [1.807, 2.05) is 20.9 Å². The molecule has 14 nitrogen and oxygen atoms in total. The van der Waals surface area contributed by atoms with E-state index >= 15 is 0 Å². The lowest BCUT2D eigenvalue weighted by Crippen LogP contribution is -2.58. The van der Waals surface area contributed by atoms with Gasteiger partial charge < -0.3 is 40.5 Å². The number of likely N-dealkylation sites (N-methyl/N-ethyl adjacent to an activating group) is 1. The Bertz CT molecular complexity index is 2520. The maximum absolute atomic E-state index is 13.7. The van der Waals surface area contributed by atoms with Crippen LogP contribution in [-0.2, 0) is 14.4 Å². The molecular weight excluding hydrogens is 989 g/mol. The summed E-state index contributed by atoms with van der Waals surface area (Å²) in [7, 11) is 2.00. The number of carbonyl (C=O) groups is 4. The first kappa shape index (κ1) is 60.6. The van der Waals surface area contributed by atoms with Crippen LogP contribution >= 0.6 is 11.3 Å². The van der Waals surface area contributed by atoms with Gasteiger partial charge in [0.25, 0.3) is 0 Å². The number of hydrogen-bond acceptors (Lipinski definition) is 13. The van der Waals surface area contributed by atoms with Crippen molar-refractivity contribution < 1.29 is 39.2 Å². The van der Waals surface area contributed by atoms with Gasteiger partial charge in [0, 0.05) is 48.0 Å². The zero-order chi connectivity index (χ0) is 55.8. The van der Waals surface area contributed by atoms with Gasteiger partial charge in [0.05, 0.1) is 22.4 Å². The van der Waals surface area contributed by atoms with Gasteiger partial charge in [-0.2, -0.15) is 5.26 Å². The second kappa shape index (κ2) is 26.5. The number of aliphatic hydroxyl groups is 2. The number of thiazole rings is 1. The van der Waals surface area contributed by atoms with Crippen LogP contribution in [0.15, 0.2) is 40.5 Å². The maximum Gasteiger partial charge on any atom is 0.415 e. The third-order valence-electron chi connectivity index (χ3n) is 20.3. The third-order valence-corrected chi connectivity index (χ3v) is 21.2. The Labute approximate surface area is 464 Å². The van der Waals surface area contributed by atoms with Crippen LogP contribution in [0.4, 0.5) is 4.79 Å². The molecule has 0 saturated heterocycles.